The average Bonchev–Trinajstić information content (AvgIpc) is 3.11. The van der Waals surface area contributed by atoms with Gasteiger partial charge in [-0.25, -0.2) is 0 Å². The Kier molecular flexibility index (Phi) is 4.80. The van der Waals surface area contributed by atoms with Crippen LogP contribution in [0.15, 0.2) is 0 Å². The molecule has 1 aliphatic carbocycles. The Morgan fingerprint density at radius 3 is 2.82 bits per heavy atom. The molecule has 0 aromatic carbocycles. The summed E-state index contributed by atoms with van der Waals surface area (Å²) in [5, 5.41) is 6.29. The van der Waals surface area contributed by atoms with Crippen LogP contribution in [0, 0.1) is 0 Å². The molecular formula is C13H25N3O. The van der Waals surface area contributed by atoms with E-state index in [0.29, 0.717) is 18.6 Å². The molecule has 0 spiro atoms. The van der Waals surface area contributed by atoms with Crippen LogP contribution in [0.4, 0.5) is 0 Å². The van der Waals surface area contributed by atoms with Gasteiger partial charge in [-0.05, 0) is 52.2 Å². The van der Waals surface area contributed by atoms with Gasteiger partial charge >= 0.3 is 0 Å². The normalized spacial score (nSPS) is 25.8. The summed E-state index contributed by atoms with van der Waals surface area (Å²) in [6.45, 7) is 2.74. The third kappa shape index (κ3) is 4.28. The molecule has 1 atom stereocenters. The van der Waals surface area contributed by atoms with Crippen LogP contribution in [0.3, 0.4) is 0 Å². The summed E-state index contributed by atoms with van der Waals surface area (Å²) in [6, 6.07) is 1.09. The summed E-state index contributed by atoms with van der Waals surface area (Å²) in [6.07, 6.45) is 7.32. The number of carbonyl (C=O) groups excluding carboxylic acids is 1. The third-order valence-electron chi connectivity index (χ3n) is 3.77. The van der Waals surface area contributed by atoms with E-state index in [1.165, 1.54) is 32.1 Å². The van der Waals surface area contributed by atoms with Gasteiger partial charge < -0.3 is 10.6 Å². The average molecular weight is 239 g/mol. The minimum Gasteiger partial charge on any atom is -0.352 e. The molecular weight excluding hydrogens is 214 g/mol. The monoisotopic (exact) mass is 239 g/mol. The lowest BCUT2D eigenvalue weighted by Gasteiger charge is -2.35. The van der Waals surface area contributed by atoms with Crippen molar-refractivity contribution < 1.29 is 4.79 Å². The Balaban J connectivity index is 1.75. The molecule has 0 bridgehead atoms. The first-order valence-electron chi connectivity index (χ1n) is 6.97. The topological polar surface area (TPSA) is 44.4 Å². The summed E-state index contributed by atoms with van der Waals surface area (Å²) in [4.78, 5) is 14.2. The van der Waals surface area contributed by atoms with Crippen LogP contribution in [0.1, 0.15) is 38.5 Å². The maximum absolute atomic E-state index is 11.8. The van der Waals surface area contributed by atoms with Gasteiger partial charge in [0.1, 0.15) is 0 Å². The van der Waals surface area contributed by atoms with Crippen LogP contribution in [0.2, 0.25) is 0 Å². The number of nitrogens with one attached hydrogen (secondary N) is 2. The number of rotatable bonds is 6. The van der Waals surface area contributed by atoms with Crippen molar-refractivity contribution in [3.05, 3.63) is 0 Å². The molecule has 2 aliphatic rings. The van der Waals surface area contributed by atoms with E-state index >= 15 is 0 Å². The summed E-state index contributed by atoms with van der Waals surface area (Å²) in [7, 11) is 1.99. The minimum absolute atomic E-state index is 0.226. The van der Waals surface area contributed by atoms with Crippen molar-refractivity contribution in [3.8, 4) is 0 Å². The van der Waals surface area contributed by atoms with Crippen molar-refractivity contribution in [2.75, 3.05) is 26.7 Å². The number of carbonyl (C=O) groups is 1. The fourth-order valence-electron chi connectivity index (χ4n) is 2.59. The largest absolute Gasteiger partial charge is 0.352 e. The molecule has 0 radical (unpaired) electrons. The lowest BCUT2D eigenvalue weighted by Crippen LogP contribution is -2.46. The van der Waals surface area contributed by atoms with Crippen LogP contribution in [0.25, 0.3) is 0 Å². The molecule has 98 valence electrons. The van der Waals surface area contributed by atoms with Gasteiger partial charge in [-0.15, -0.1) is 0 Å². The zero-order valence-corrected chi connectivity index (χ0v) is 10.9. The Hall–Kier alpha value is -0.610. The van der Waals surface area contributed by atoms with E-state index < -0.39 is 0 Å². The van der Waals surface area contributed by atoms with Crippen molar-refractivity contribution in [2.24, 2.45) is 0 Å². The second-order valence-corrected chi connectivity index (χ2v) is 5.35. The summed E-state index contributed by atoms with van der Waals surface area (Å²) in [5.74, 6) is 0.226. The van der Waals surface area contributed by atoms with Crippen LogP contribution >= 0.6 is 0 Å². The molecule has 1 unspecified atom stereocenters. The van der Waals surface area contributed by atoms with Gasteiger partial charge in [0.15, 0.2) is 0 Å². The molecule has 1 saturated heterocycles. The maximum Gasteiger partial charge on any atom is 0.234 e. The minimum atomic E-state index is 0.226. The van der Waals surface area contributed by atoms with E-state index in [9.17, 15) is 4.79 Å². The zero-order chi connectivity index (χ0) is 12.1. The first-order chi connectivity index (χ1) is 8.29. The highest BCUT2D eigenvalue weighted by Crippen LogP contribution is 2.20. The molecule has 1 aliphatic heterocycles. The summed E-state index contributed by atoms with van der Waals surface area (Å²) in [5.41, 5.74) is 0. The number of amides is 1. The van der Waals surface area contributed by atoms with Gasteiger partial charge in [-0.2, -0.15) is 0 Å². The predicted molar refractivity (Wildman–Crippen MR) is 68.9 cm³/mol. The van der Waals surface area contributed by atoms with Crippen molar-refractivity contribution in [2.45, 2.75) is 50.6 Å². The first kappa shape index (κ1) is 12.8. The van der Waals surface area contributed by atoms with Gasteiger partial charge in [-0.3, -0.25) is 9.69 Å². The van der Waals surface area contributed by atoms with E-state index in [-0.39, 0.29) is 5.91 Å². The van der Waals surface area contributed by atoms with Gasteiger partial charge in [-0.1, -0.05) is 6.42 Å². The first-order valence-corrected chi connectivity index (χ1v) is 6.97. The second kappa shape index (κ2) is 6.36. The van der Waals surface area contributed by atoms with Crippen molar-refractivity contribution in [3.63, 3.8) is 0 Å². The Bertz CT molecular complexity index is 253. The lowest BCUT2D eigenvalue weighted by molar-refractivity contribution is -0.123. The highest BCUT2D eigenvalue weighted by molar-refractivity contribution is 5.78. The van der Waals surface area contributed by atoms with Crippen LogP contribution in [0.5, 0.6) is 0 Å². The lowest BCUT2D eigenvalue weighted by atomic mass is 9.99. The van der Waals surface area contributed by atoms with Crippen LogP contribution in [-0.4, -0.2) is 49.6 Å². The van der Waals surface area contributed by atoms with Crippen molar-refractivity contribution >= 4 is 5.91 Å². The van der Waals surface area contributed by atoms with E-state index in [0.717, 1.165) is 19.5 Å². The maximum atomic E-state index is 11.8. The second-order valence-electron chi connectivity index (χ2n) is 5.35. The summed E-state index contributed by atoms with van der Waals surface area (Å²) >= 11 is 0. The van der Waals surface area contributed by atoms with Crippen LogP contribution < -0.4 is 10.6 Å². The molecule has 2 rings (SSSR count). The Morgan fingerprint density at radius 1 is 1.29 bits per heavy atom. The molecule has 4 heteroatoms. The van der Waals surface area contributed by atoms with E-state index in [2.05, 4.69) is 15.5 Å². The number of hydrogen-bond acceptors (Lipinski definition) is 3. The smallest absolute Gasteiger partial charge is 0.234 e. The third-order valence-corrected chi connectivity index (χ3v) is 3.77. The van der Waals surface area contributed by atoms with Gasteiger partial charge in [0.2, 0.25) is 5.91 Å². The van der Waals surface area contributed by atoms with E-state index in [1.54, 1.807) is 0 Å². The molecule has 1 saturated carbocycles. The number of piperidine rings is 1. The number of nitrogens with zero attached hydrogens (tertiary/aromatic N) is 1. The molecule has 4 nitrogen and oxygen atoms in total. The molecule has 1 heterocycles. The molecule has 1 amide bonds. The van der Waals surface area contributed by atoms with Crippen molar-refractivity contribution in [1.82, 2.24) is 15.5 Å². The fourth-order valence-corrected chi connectivity index (χ4v) is 2.59. The fraction of sp³-hybridized carbons (Fsp3) is 0.923. The van der Waals surface area contributed by atoms with Gasteiger partial charge in [0.05, 0.1) is 6.54 Å². The van der Waals surface area contributed by atoms with Crippen molar-refractivity contribution in [1.29, 1.82) is 0 Å². The van der Waals surface area contributed by atoms with Gasteiger partial charge in [0.25, 0.3) is 0 Å². The molecule has 17 heavy (non-hydrogen) atoms. The summed E-state index contributed by atoms with van der Waals surface area (Å²) < 4.78 is 0. The molecule has 2 N–H and O–H groups in total. The standard InChI is InChI=1S/C13H25N3O/c1-14-8-7-12-4-2-3-9-16(12)10-13(17)15-11-5-6-11/h11-12,14H,2-10H2,1H3,(H,15,17). The SMILES string of the molecule is CNCCC1CCCCN1CC(=O)NC1CC1. The van der Waals surface area contributed by atoms with Gasteiger partial charge in [0, 0.05) is 12.1 Å². The van der Waals surface area contributed by atoms with E-state index in [4.69, 9.17) is 0 Å². The Morgan fingerprint density at radius 2 is 2.12 bits per heavy atom. The highest BCUT2D eigenvalue weighted by atomic mass is 16.2. The Labute approximate surface area is 104 Å². The van der Waals surface area contributed by atoms with Crippen LogP contribution in [-0.2, 0) is 4.79 Å². The van der Waals surface area contributed by atoms with E-state index in [1.807, 2.05) is 7.05 Å². The quantitative estimate of drug-likeness (QED) is 0.718. The highest BCUT2D eigenvalue weighted by Gasteiger charge is 2.27. The number of likely N-dealkylation sites (tertiary alicyclic amines) is 1. The number of hydrogen-bond donors (Lipinski definition) is 2. The molecule has 2 fully saturated rings. The zero-order valence-electron chi connectivity index (χ0n) is 10.9. The molecule has 0 aromatic rings. The predicted octanol–water partition coefficient (Wildman–Crippen LogP) is 0.729. The molecule has 0 aromatic heterocycles.